The van der Waals surface area contributed by atoms with E-state index < -0.39 is 0 Å². The van der Waals surface area contributed by atoms with Gasteiger partial charge in [0.15, 0.2) is 0 Å². The minimum Gasteiger partial charge on any atom is -0.383 e. The molecule has 0 unspecified atom stereocenters. The Balaban J connectivity index is 1.14. The Morgan fingerprint density at radius 3 is 2.34 bits per heavy atom. The van der Waals surface area contributed by atoms with E-state index >= 15 is 0 Å². The number of carbonyl (C=O) groups excluding carboxylic acids is 1. The van der Waals surface area contributed by atoms with Gasteiger partial charge in [-0.05, 0) is 61.8 Å². The van der Waals surface area contributed by atoms with E-state index in [9.17, 15) is 4.79 Å². The maximum absolute atomic E-state index is 12.8. The predicted molar refractivity (Wildman–Crippen MR) is 162 cm³/mol. The number of benzene rings is 1. The first-order chi connectivity index (χ1) is 19.9. The van der Waals surface area contributed by atoms with Gasteiger partial charge in [-0.1, -0.05) is 31.2 Å². The van der Waals surface area contributed by atoms with E-state index in [-0.39, 0.29) is 11.5 Å². The summed E-state index contributed by atoms with van der Waals surface area (Å²) in [5, 5.41) is 4.62. The number of anilines is 1. The number of piperazine rings is 1. The highest BCUT2D eigenvalue weighted by Gasteiger charge is 2.38. The molecule has 4 heterocycles. The van der Waals surface area contributed by atoms with Crippen molar-refractivity contribution in [3.63, 3.8) is 0 Å². The molecule has 1 atom stereocenters. The molecule has 3 aliphatic rings. The van der Waals surface area contributed by atoms with E-state index in [1.807, 2.05) is 17.8 Å². The number of carbonyl (C=O) groups is 1. The van der Waals surface area contributed by atoms with Crippen LogP contribution in [0.3, 0.4) is 0 Å². The van der Waals surface area contributed by atoms with Crippen LogP contribution in [0.25, 0.3) is 16.6 Å². The average molecular weight is 560 g/mol. The van der Waals surface area contributed by atoms with Crippen molar-refractivity contribution in [1.29, 1.82) is 0 Å². The summed E-state index contributed by atoms with van der Waals surface area (Å²) in [5.41, 5.74) is 5.61. The average Bonchev–Trinajstić information content (AvgIpc) is 3.44. The molecule has 1 amide bonds. The largest absolute Gasteiger partial charge is 0.383 e. The quantitative estimate of drug-likeness (QED) is 0.400. The van der Waals surface area contributed by atoms with Crippen LogP contribution < -0.4 is 4.90 Å². The molecule has 0 bridgehead atoms. The normalized spacial score (nSPS) is 23.9. The van der Waals surface area contributed by atoms with Crippen molar-refractivity contribution in [2.75, 3.05) is 65.0 Å². The molecule has 0 spiro atoms. The first-order valence-electron chi connectivity index (χ1n) is 15.3. The molecule has 1 aromatic carbocycles. The van der Waals surface area contributed by atoms with Gasteiger partial charge in [-0.25, -0.2) is 4.52 Å². The Morgan fingerprint density at radius 2 is 1.71 bits per heavy atom. The van der Waals surface area contributed by atoms with Gasteiger partial charge in [0.1, 0.15) is 0 Å². The number of aromatic nitrogens is 2. The summed E-state index contributed by atoms with van der Waals surface area (Å²) in [6.45, 7) is 10.5. The number of hydrogen-bond donors (Lipinski definition) is 0. The minimum absolute atomic E-state index is 0.248. The van der Waals surface area contributed by atoms with Gasteiger partial charge in [0, 0.05) is 83.4 Å². The highest BCUT2D eigenvalue weighted by Crippen LogP contribution is 2.38. The van der Waals surface area contributed by atoms with Crippen LogP contribution in [0.15, 0.2) is 48.8 Å². The van der Waals surface area contributed by atoms with Crippen LogP contribution in [0, 0.1) is 11.8 Å². The van der Waals surface area contributed by atoms with Gasteiger partial charge in [-0.15, -0.1) is 0 Å². The van der Waals surface area contributed by atoms with E-state index in [0.29, 0.717) is 17.9 Å². The Kier molecular flexibility index (Phi) is 8.07. The van der Waals surface area contributed by atoms with E-state index in [4.69, 9.17) is 9.47 Å². The fourth-order valence-electron chi connectivity index (χ4n) is 7.20. The summed E-state index contributed by atoms with van der Waals surface area (Å²) in [6, 6.07) is 13.7. The van der Waals surface area contributed by atoms with Crippen LogP contribution in [0.5, 0.6) is 0 Å². The molecule has 6 rings (SSSR count). The minimum atomic E-state index is -0.248. The summed E-state index contributed by atoms with van der Waals surface area (Å²) in [6.07, 6.45) is 8.05. The number of likely N-dealkylation sites (tertiary alicyclic amines) is 1. The molecular formula is C33H45N5O3. The van der Waals surface area contributed by atoms with Crippen LogP contribution in [-0.4, -0.2) is 91.5 Å². The van der Waals surface area contributed by atoms with E-state index in [1.165, 1.54) is 16.8 Å². The van der Waals surface area contributed by atoms with Crippen molar-refractivity contribution < 1.29 is 14.3 Å². The molecule has 2 aromatic heterocycles. The van der Waals surface area contributed by atoms with Gasteiger partial charge in [0.05, 0.1) is 23.4 Å². The lowest BCUT2D eigenvalue weighted by Crippen LogP contribution is -2.52. The first kappa shape index (κ1) is 28.2. The van der Waals surface area contributed by atoms with E-state index in [1.54, 1.807) is 7.11 Å². The van der Waals surface area contributed by atoms with Gasteiger partial charge >= 0.3 is 0 Å². The molecule has 0 radical (unpaired) electrons. The third kappa shape index (κ3) is 5.49. The van der Waals surface area contributed by atoms with Crippen molar-refractivity contribution in [3.8, 4) is 11.1 Å². The van der Waals surface area contributed by atoms with Gasteiger partial charge in [0.2, 0.25) is 5.91 Å². The van der Waals surface area contributed by atoms with Crippen molar-refractivity contribution in [2.45, 2.75) is 51.2 Å². The standard InChI is InChI=1S/C33H45N5O3/c1-24-19-27(20-24)32(39)37-17-15-36(16-18-37)30-9-12-34-38-22-28(21-31(30)38)26-5-7-29(8-6-26)33(41-4)10-13-35(14-11-33)25(2)23-40-3/h5-9,12,21-22,24-25,27H,10-11,13-20,23H2,1-4H3/t24?,25-,27?/m1/s1. The molecule has 0 N–H and O–H groups in total. The van der Waals surface area contributed by atoms with Crippen molar-refractivity contribution in [3.05, 3.63) is 54.4 Å². The zero-order valence-electron chi connectivity index (χ0n) is 25.1. The highest BCUT2D eigenvalue weighted by atomic mass is 16.5. The zero-order chi connectivity index (χ0) is 28.6. The molecule has 1 aliphatic carbocycles. The first-order valence-corrected chi connectivity index (χ1v) is 15.3. The third-order valence-corrected chi connectivity index (χ3v) is 9.91. The lowest BCUT2D eigenvalue weighted by atomic mass is 9.75. The number of amides is 1. The monoisotopic (exact) mass is 559 g/mol. The Morgan fingerprint density at radius 1 is 1.00 bits per heavy atom. The molecular weight excluding hydrogens is 514 g/mol. The molecule has 220 valence electrons. The Hall–Kier alpha value is -2.94. The van der Waals surface area contributed by atoms with Gasteiger partial charge in [-0.2, -0.15) is 5.10 Å². The number of methoxy groups -OCH3 is 2. The molecule has 41 heavy (non-hydrogen) atoms. The third-order valence-electron chi connectivity index (χ3n) is 9.91. The molecule has 8 heteroatoms. The van der Waals surface area contributed by atoms with Gasteiger partial charge in [0.25, 0.3) is 0 Å². The number of hydrogen-bond acceptors (Lipinski definition) is 6. The summed E-state index contributed by atoms with van der Waals surface area (Å²) in [7, 11) is 3.62. The molecule has 8 nitrogen and oxygen atoms in total. The molecule has 3 fully saturated rings. The lowest BCUT2D eigenvalue weighted by Gasteiger charge is -2.43. The molecule has 3 aromatic rings. The second-order valence-electron chi connectivity index (χ2n) is 12.5. The van der Waals surface area contributed by atoms with Crippen LogP contribution in [0.1, 0.15) is 45.1 Å². The second-order valence-corrected chi connectivity index (χ2v) is 12.5. The Bertz CT molecular complexity index is 1330. The fourth-order valence-corrected chi connectivity index (χ4v) is 7.20. The topological polar surface area (TPSA) is 62.6 Å². The lowest BCUT2D eigenvalue weighted by molar-refractivity contribution is -0.140. The number of piperidine rings is 1. The highest BCUT2D eigenvalue weighted by molar-refractivity contribution is 5.82. The van der Waals surface area contributed by atoms with E-state index in [2.05, 4.69) is 76.2 Å². The second kappa shape index (κ2) is 11.7. The summed E-state index contributed by atoms with van der Waals surface area (Å²) < 4.78 is 13.5. The summed E-state index contributed by atoms with van der Waals surface area (Å²) in [5.74, 6) is 1.31. The molecule has 2 aliphatic heterocycles. The number of rotatable bonds is 8. The van der Waals surface area contributed by atoms with Crippen LogP contribution in [0.2, 0.25) is 0 Å². The van der Waals surface area contributed by atoms with Gasteiger partial charge < -0.3 is 19.3 Å². The zero-order valence-corrected chi connectivity index (χ0v) is 25.1. The number of fused-ring (bicyclic) bond motifs is 1. The van der Waals surface area contributed by atoms with Crippen LogP contribution in [-0.2, 0) is 19.9 Å². The van der Waals surface area contributed by atoms with Crippen molar-refractivity contribution in [1.82, 2.24) is 19.4 Å². The van der Waals surface area contributed by atoms with Crippen molar-refractivity contribution >= 4 is 17.1 Å². The summed E-state index contributed by atoms with van der Waals surface area (Å²) in [4.78, 5) is 19.8. The Labute approximate surface area is 244 Å². The van der Waals surface area contributed by atoms with E-state index in [0.717, 1.165) is 82.6 Å². The maximum Gasteiger partial charge on any atom is 0.225 e. The number of ether oxygens (including phenoxy) is 2. The molecule has 2 saturated heterocycles. The van der Waals surface area contributed by atoms with Crippen LogP contribution >= 0.6 is 0 Å². The van der Waals surface area contributed by atoms with Gasteiger partial charge in [-0.3, -0.25) is 9.69 Å². The van der Waals surface area contributed by atoms with Crippen molar-refractivity contribution in [2.24, 2.45) is 11.8 Å². The molecule has 1 saturated carbocycles. The predicted octanol–water partition coefficient (Wildman–Crippen LogP) is 4.67. The maximum atomic E-state index is 12.8. The smallest absolute Gasteiger partial charge is 0.225 e. The SMILES string of the molecule is COC[C@@H](C)N1CCC(OC)(c2ccc(-c3cc4c(N5CCN(C(=O)C6CC(C)C6)CC5)ccnn4c3)cc2)CC1. The summed E-state index contributed by atoms with van der Waals surface area (Å²) >= 11 is 0. The van der Waals surface area contributed by atoms with Crippen LogP contribution in [0.4, 0.5) is 5.69 Å². The fraction of sp³-hybridized carbons (Fsp3) is 0.576. The number of nitrogens with zero attached hydrogens (tertiary/aromatic N) is 5.